The van der Waals surface area contributed by atoms with Gasteiger partial charge in [0, 0.05) is 0 Å². The van der Waals surface area contributed by atoms with Crippen LogP contribution in [0.1, 0.15) is 95.9 Å². The Bertz CT molecular complexity index is 294. The van der Waals surface area contributed by atoms with Crippen LogP contribution in [-0.4, -0.2) is 0 Å². The maximum Gasteiger partial charge on any atom is -0.0242 e. The third-order valence-corrected chi connectivity index (χ3v) is 7.57. The first-order valence-corrected chi connectivity index (χ1v) is 8.06. The smallest absolute Gasteiger partial charge is 0.0242 e. The Hall–Kier alpha value is 0. The average molecular weight is 269 g/mol. The first kappa shape index (κ1) is 19.0. The summed E-state index contributed by atoms with van der Waals surface area (Å²) >= 11 is 0. The summed E-state index contributed by atoms with van der Waals surface area (Å²) in [4.78, 5) is 0. The van der Waals surface area contributed by atoms with Crippen molar-refractivity contribution < 1.29 is 0 Å². The lowest BCUT2D eigenvalue weighted by Gasteiger charge is -2.62. The molecular formula is C19H40. The van der Waals surface area contributed by atoms with Crippen molar-refractivity contribution >= 4 is 0 Å². The fourth-order valence-electron chi connectivity index (χ4n) is 3.50. The molecule has 0 heteroatoms. The Balaban J connectivity index is 5.77. The van der Waals surface area contributed by atoms with Crippen LogP contribution in [0.4, 0.5) is 0 Å². The molecule has 0 spiro atoms. The number of hydrogen-bond donors (Lipinski definition) is 0. The lowest BCUT2D eigenvalue weighted by molar-refractivity contribution is -0.138. The second kappa shape index (κ2) is 5.08. The van der Waals surface area contributed by atoms with Crippen LogP contribution >= 0.6 is 0 Å². The van der Waals surface area contributed by atoms with Crippen molar-refractivity contribution in [2.24, 2.45) is 27.1 Å². The van der Waals surface area contributed by atoms with E-state index in [0.29, 0.717) is 10.8 Å². The van der Waals surface area contributed by atoms with E-state index in [1.54, 1.807) is 0 Å². The molecule has 0 aromatic rings. The zero-order valence-corrected chi connectivity index (χ0v) is 15.9. The van der Waals surface area contributed by atoms with Crippen LogP contribution in [0.25, 0.3) is 0 Å². The van der Waals surface area contributed by atoms with Crippen molar-refractivity contribution in [1.29, 1.82) is 0 Å². The molecule has 0 aromatic heterocycles. The predicted octanol–water partition coefficient (Wildman–Crippen LogP) is 6.94. The van der Waals surface area contributed by atoms with E-state index in [-0.39, 0.29) is 16.2 Å². The molecule has 0 nitrogen and oxygen atoms in total. The third-order valence-electron chi connectivity index (χ3n) is 7.57. The van der Waals surface area contributed by atoms with Gasteiger partial charge in [0.25, 0.3) is 0 Å². The Kier molecular flexibility index (Phi) is 5.08. The van der Waals surface area contributed by atoms with Gasteiger partial charge in [-0.15, -0.1) is 0 Å². The van der Waals surface area contributed by atoms with Crippen molar-refractivity contribution in [3.05, 3.63) is 0 Å². The summed E-state index contributed by atoms with van der Waals surface area (Å²) in [5.74, 6) is 0. The molecule has 0 atom stereocenters. The van der Waals surface area contributed by atoms with Crippen molar-refractivity contribution in [3.8, 4) is 0 Å². The van der Waals surface area contributed by atoms with Crippen molar-refractivity contribution in [2.75, 3.05) is 0 Å². The quantitative estimate of drug-likeness (QED) is 0.506. The van der Waals surface area contributed by atoms with Gasteiger partial charge in [-0.05, 0) is 33.5 Å². The van der Waals surface area contributed by atoms with Crippen LogP contribution in [0.5, 0.6) is 0 Å². The van der Waals surface area contributed by atoms with E-state index >= 15 is 0 Å². The van der Waals surface area contributed by atoms with Gasteiger partial charge in [0.1, 0.15) is 0 Å². The maximum atomic E-state index is 2.48. The van der Waals surface area contributed by atoms with Crippen molar-refractivity contribution in [2.45, 2.75) is 95.9 Å². The topological polar surface area (TPSA) is 0 Å². The minimum absolute atomic E-state index is 0.261. The molecule has 0 radical (unpaired) electrons. The number of hydrogen-bond acceptors (Lipinski definition) is 0. The summed E-state index contributed by atoms with van der Waals surface area (Å²) in [7, 11) is 0. The molecule has 0 bridgehead atoms. The summed E-state index contributed by atoms with van der Waals surface area (Å²) in [6.45, 7) is 29.2. The van der Waals surface area contributed by atoms with Crippen molar-refractivity contribution in [1.82, 2.24) is 0 Å². The lowest BCUT2D eigenvalue weighted by atomic mass is 9.42. The van der Waals surface area contributed by atoms with Crippen LogP contribution in [0, 0.1) is 27.1 Å². The van der Waals surface area contributed by atoms with Crippen LogP contribution in [0.3, 0.4) is 0 Å². The molecule has 0 aliphatic carbocycles. The van der Waals surface area contributed by atoms with E-state index in [4.69, 9.17) is 0 Å². The second-order valence-electron chi connectivity index (χ2n) is 9.76. The Morgan fingerprint density at radius 2 is 0.895 bits per heavy atom. The first-order chi connectivity index (χ1) is 8.06. The molecule has 0 rings (SSSR count). The van der Waals surface area contributed by atoms with Crippen LogP contribution in [0.2, 0.25) is 0 Å². The average Bonchev–Trinajstić information content (AvgIpc) is 2.14. The standard InChI is InChI=1S/C19H40/c1-13-14-16(5,6)18(9,10)19(11,12)17(7,8)15(2,3)4/h13-14H2,1-12H3. The molecule has 0 fully saturated rings. The third kappa shape index (κ3) is 2.88. The summed E-state index contributed by atoms with van der Waals surface area (Å²) in [6, 6.07) is 0. The van der Waals surface area contributed by atoms with Gasteiger partial charge in [-0.25, -0.2) is 0 Å². The van der Waals surface area contributed by atoms with E-state index in [0.717, 1.165) is 0 Å². The zero-order valence-electron chi connectivity index (χ0n) is 15.9. The molecule has 0 amide bonds. The maximum absolute atomic E-state index is 2.48. The number of rotatable bonds is 5. The molecule has 0 saturated carbocycles. The van der Waals surface area contributed by atoms with Gasteiger partial charge in [0.15, 0.2) is 0 Å². The lowest BCUT2D eigenvalue weighted by Crippen LogP contribution is -2.55. The normalized spacial score (nSPS) is 15.8. The summed E-state index contributed by atoms with van der Waals surface area (Å²) < 4.78 is 0. The van der Waals surface area contributed by atoms with Gasteiger partial charge < -0.3 is 0 Å². The van der Waals surface area contributed by atoms with Crippen LogP contribution in [-0.2, 0) is 0 Å². The molecule has 0 aromatic carbocycles. The van der Waals surface area contributed by atoms with E-state index in [1.165, 1.54) is 12.8 Å². The molecule has 19 heavy (non-hydrogen) atoms. The van der Waals surface area contributed by atoms with Gasteiger partial charge in [0.05, 0.1) is 0 Å². The highest BCUT2D eigenvalue weighted by atomic mass is 14.6. The van der Waals surface area contributed by atoms with E-state index < -0.39 is 0 Å². The molecule has 0 unspecified atom stereocenters. The molecular weight excluding hydrogens is 228 g/mol. The van der Waals surface area contributed by atoms with E-state index in [1.807, 2.05) is 0 Å². The largest absolute Gasteiger partial charge is 0.0654 e. The predicted molar refractivity (Wildman–Crippen MR) is 89.5 cm³/mol. The Labute approximate surface area is 123 Å². The van der Waals surface area contributed by atoms with Gasteiger partial charge in [-0.2, -0.15) is 0 Å². The molecule has 0 aliphatic heterocycles. The van der Waals surface area contributed by atoms with Gasteiger partial charge in [-0.3, -0.25) is 0 Å². The monoisotopic (exact) mass is 268 g/mol. The molecule has 0 saturated heterocycles. The first-order valence-electron chi connectivity index (χ1n) is 8.06. The van der Waals surface area contributed by atoms with Crippen molar-refractivity contribution in [3.63, 3.8) is 0 Å². The fourth-order valence-corrected chi connectivity index (χ4v) is 3.50. The Morgan fingerprint density at radius 1 is 0.526 bits per heavy atom. The van der Waals surface area contributed by atoms with Crippen LogP contribution < -0.4 is 0 Å². The molecule has 0 heterocycles. The Morgan fingerprint density at radius 3 is 1.16 bits per heavy atom. The molecule has 0 aliphatic rings. The summed E-state index contributed by atoms with van der Waals surface area (Å²) in [6.07, 6.45) is 2.56. The minimum atomic E-state index is 0.261. The SMILES string of the molecule is CCCC(C)(C)C(C)(C)C(C)(C)C(C)(C)C(C)(C)C. The van der Waals surface area contributed by atoms with Gasteiger partial charge in [0.2, 0.25) is 0 Å². The summed E-state index contributed by atoms with van der Waals surface area (Å²) in [5, 5.41) is 0. The summed E-state index contributed by atoms with van der Waals surface area (Å²) in [5.41, 5.74) is 1.47. The minimum Gasteiger partial charge on any atom is -0.0654 e. The highest BCUT2D eigenvalue weighted by molar-refractivity contribution is 5.05. The zero-order chi connectivity index (χ0) is 15.9. The highest BCUT2D eigenvalue weighted by Gasteiger charge is 2.57. The fraction of sp³-hybridized carbons (Fsp3) is 1.00. The molecule has 0 N–H and O–H groups in total. The molecule has 116 valence electrons. The van der Waals surface area contributed by atoms with E-state index in [2.05, 4.69) is 83.1 Å². The van der Waals surface area contributed by atoms with E-state index in [9.17, 15) is 0 Å². The van der Waals surface area contributed by atoms with Gasteiger partial charge in [-0.1, -0.05) is 89.5 Å². The second-order valence-corrected chi connectivity index (χ2v) is 9.76. The highest BCUT2D eigenvalue weighted by Crippen LogP contribution is 2.64. The van der Waals surface area contributed by atoms with Gasteiger partial charge >= 0.3 is 0 Å². The van der Waals surface area contributed by atoms with Crippen LogP contribution in [0.15, 0.2) is 0 Å².